The van der Waals surface area contributed by atoms with Gasteiger partial charge < -0.3 is 9.17 Å². The van der Waals surface area contributed by atoms with E-state index in [9.17, 15) is 21.6 Å². The van der Waals surface area contributed by atoms with E-state index in [1.807, 2.05) is 0 Å². The van der Waals surface area contributed by atoms with E-state index in [1.165, 1.54) is 0 Å². The van der Waals surface area contributed by atoms with E-state index in [4.69, 9.17) is 11.6 Å². The van der Waals surface area contributed by atoms with Crippen molar-refractivity contribution in [3.8, 4) is 17.1 Å². The maximum atomic E-state index is 12.5. The molecule has 126 valence electrons. The zero-order chi connectivity index (χ0) is 17.5. The monoisotopic (exact) mass is 376 g/mol. The summed E-state index contributed by atoms with van der Waals surface area (Å²) in [7, 11) is -5.82. The van der Waals surface area contributed by atoms with E-state index < -0.39 is 21.4 Å². The highest BCUT2D eigenvalue weighted by Gasteiger charge is 2.49. The molecule has 5 nitrogen and oxygen atoms in total. The molecule has 0 saturated heterocycles. The summed E-state index contributed by atoms with van der Waals surface area (Å²) in [5.74, 6) is -0.580. The van der Waals surface area contributed by atoms with E-state index >= 15 is 0 Å². The minimum atomic E-state index is -5.82. The first-order valence-electron chi connectivity index (χ1n) is 6.43. The molecule has 0 atom stereocenters. The van der Waals surface area contributed by atoms with Crippen molar-refractivity contribution in [1.29, 1.82) is 0 Å². The molecule has 0 saturated carbocycles. The van der Waals surface area contributed by atoms with Crippen molar-refractivity contribution in [3.05, 3.63) is 47.6 Å². The number of H-pyrrole nitrogens is 1. The molecule has 0 fully saturated rings. The minimum absolute atomic E-state index is 0.0274. The fraction of sp³-hybridized carbons (Fsp3) is 0.0714. The molecule has 0 bridgehead atoms. The van der Waals surface area contributed by atoms with Gasteiger partial charge in [0.25, 0.3) is 0 Å². The fourth-order valence-electron chi connectivity index (χ4n) is 2.05. The Balaban J connectivity index is 2.13. The van der Waals surface area contributed by atoms with E-state index in [0.29, 0.717) is 5.52 Å². The average Bonchev–Trinajstić information content (AvgIpc) is 2.91. The molecule has 2 aromatic heterocycles. The van der Waals surface area contributed by atoms with E-state index in [0.717, 1.165) is 17.5 Å². The van der Waals surface area contributed by atoms with E-state index in [-0.39, 0.29) is 16.5 Å². The summed E-state index contributed by atoms with van der Waals surface area (Å²) in [5, 5.41) is 0.735. The first-order chi connectivity index (χ1) is 11.2. The normalized spacial score (nSPS) is 12.5. The molecule has 2 heterocycles. The van der Waals surface area contributed by atoms with Crippen molar-refractivity contribution in [1.82, 2.24) is 9.97 Å². The van der Waals surface area contributed by atoms with Crippen LogP contribution < -0.4 is 4.18 Å². The van der Waals surface area contributed by atoms with Gasteiger partial charge in [-0.1, -0.05) is 29.8 Å². The highest BCUT2D eigenvalue weighted by atomic mass is 35.5. The lowest BCUT2D eigenvalue weighted by atomic mass is 10.2. The van der Waals surface area contributed by atoms with Crippen LogP contribution in [0.25, 0.3) is 22.3 Å². The molecule has 0 radical (unpaired) electrons. The van der Waals surface area contributed by atoms with Crippen LogP contribution >= 0.6 is 11.6 Å². The van der Waals surface area contributed by atoms with Gasteiger partial charge in [-0.05, 0) is 24.3 Å². The minimum Gasteiger partial charge on any atom is -0.374 e. The summed E-state index contributed by atoms with van der Waals surface area (Å²) in [6.45, 7) is 0. The molecule has 0 spiro atoms. The Labute approximate surface area is 139 Å². The predicted molar refractivity (Wildman–Crippen MR) is 82.1 cm³/mol. The van der Waals surface area contributed by atoms with Crippen LogP contribution in [0.1, 0.15) is 0 Å². The number of fused-ring (bicyclic) bond motifs is 1. The van der Waals surface area contributed by atoms with Crippen molar-refractivity contribution >= 4 is 32.6 Å². The largest absolute Gasteiger partial charge is 0.534 e. The van der Waals surface area contributed by atoms with Gasteiger partial charge in [-0.15, -0.1) is 0 Å². The maximum Gasteiger partial charge on any atom is 0.534 e. The summed E-state index contributed by atoms with van der Waals surface area (Å²) in [6, 6.07) is 10.8. The SMILES string of the molecule is O=S(=O)(Oc1ccc(Cl)nc1-c1cc2ccccc2[nH]1)C(F)(F)F. The Morgan fingerprint density at radius 3 is 2.50 bits per heavy atom. The number of pyridine rings is 1. The topological polar surface area (TPSA) is 72.1 Å². The van der Waals surface area contributed by atoms with Crippen LogP contribution in [-0.2, 0) is 10.1 Å². The van der Waals surface area contributed by atoms with Gasteiger partial charge in [-0.3, -0.25) is 0 Å². The molecular formula is C14H8ClF3N2O3S. The van der Waals surface area contributed by atoms with Crippen LogP contribution in [0.3, 0.4) is 0 Å². The molecule has 0 unspecified atom stereocenters. The third-order valence-corrected chi connectivity index (χ3v) is 4.27. The lowest BCUT2D eigenvalue weighted by Crippen LogP contribution is -2.28. The number of nitrogens with one attached hydrogen (secondary N) is 1. The van der Waals surface area contributed by atoms with Crippen LogP contribution in [0.5, 0.6) is 5.75 Å². The van der Waals surface area contributed by atoms with Gasteiger partial charge >= 0.3 is 15.6 Å². The number of aromatic amines is 1. The number of alkyl halides is 3. The first-order valence-corrected chi connectivity index (χ1v) is 8.21. The highest BCUT2D eigenvalue weighted by molar-refractivity contribution is 7.88. The number of benzene rings is 1. The third kappa shape index (κ3) is 3.04. The summed E-state index contributed by atoms with van der Waals surface area (Å²) in [5.41, 5.74) is -4.74. The summed E-state index contributed by atoms with van der Waals surface area (Å²) in [4.78, 5) is 6.81. The summed E-state index contributed by atoms with van der Waals surface area (Å²) >= 11 is 5.77. The van der Waals surface area contributed by atoms with Gasteiger partial charge in [0.2, 0.25) is 0 Å². The van der Waals surface area contributed by atoms with Gasteiger partial charge in [0.05, 0.1) is 5.69 Å². The number of aromatic nitrogens is 2. The molecule has 1 aromatic carbocycles. The van der Waals surface area contributed by atoms with Crippen molar-refractivity contribution in [2.24, 2.45) is 0 Å². The maximum absolute atomic E-state index is 12.5. The second-order valence-corrected chi connectivity index (χ2v) is 6.66. The number of hydrogen-bond donors (Lipinski definition) is 1. The molecular weight excluding hydrogens is 369 g/mol. The van der Waals surface area contributed by atoms with Gasteiger partial charge in [-0.2, -0.15) is 21.6 Å². The molecule has 24 heavy (non-hydrogen) atoms. The summed E-state index contributed by atoms with van der Waals surface area (Å²) in [6.07, 6.45) is 0. The average molecular weight is 377 g/mol. The van der Waals surface area contributed by atoms with Crippen LogP contribution in [-0.4, -0.2) is 23.9 Å². The number of hydrogen-bond acceptors (Lipinski definition) is 4. The van der Waals surface area contributed by atoms with Gasteiger partial charge in [0, 0.05) is 10.9 Å². The Kier molecular flexibility index (Phi) is 3.92. The highest BCUT2D eigenvalue weighted by Crippen LogP contribution is 2.34. The third-order valence-electron chi connectivity index (χ3n) is 3.09. The van der Waals surface area contributed by atoms with Crippen LogP contribution in [0.15, 0.2) is 42.5 Å². The Hall–Kier alpha value is -2.26. The quantitative estimate of drug-likeness (QED) is 0.424. The number of para-hydroxylation sites is 1. The number of halogens is 4. The summed E-state index contributed by atoms with van der Waals surface area (Å²) < 4.78 is 64.3. The first kappa shape index (κ1) is 16.6. The van der Waals surface area contributed by atoms with Crippen LogP contribution in [0, 0.1) is 0 Å². The van der Waals surface area contributed by atoms with Gasteiger partial charge in [-0.25, -0.2) is 4.98 Å². The smallest absolute Gasteiger partial charge is 0.374 e. The fourth-order valence-corrected chi connectivity index (χ4v) is 2.66. The molecule has 0 aliphatic heterocycles. The van der Waals surface area contributed by atoms with Gasteiger partial charge in [0.15, 0.2) is 5.75 Å². The second-order valence-electron chi connectivity index (χ2n) is 4.73. The Morgan fingerprint density at radius 1 is 1.12 bits per heavy atom. The van der Waals surface area contributed by atoms with E-state index in [2.05, 4.69) is 14.2 Å². The van der Waals surface area contributed by atoms with Gasteiger partial charge in [0.1, 0.15) is 10.8 Å². The lowest BCUT2D eigenvalue weighted by Gasteiger charge is -2.12. The Morgan fingerprint density at radius 2 is 1.83 bits per heavy atom. The molecule has 0 aliphatic rings. The molecule has 3 rings (SSSR count). The predicted octanol–water partition coefficient (Wildman–Crippen LogP) is 4.11. The number of nitrogens with zero attached hydrogens (tertiary/aromatic N) is 1. The van der Waals surface area contributed by atoms with Crippen molar-refractivity contribution in [3.63, 3.8) is 0 Å². The molecule has 10 heteroatoms. The van der Waals surface area contributed by atoms with Crippen molar-refractivity contribution in [2.45, 2.75) is 5.51 Å². The van der Waals surface area contributed by atoms with Crippen LogP contribution in [0.4, 0.5) is 13.2 Å². The zero-order valence-corrected chi connectivity index (χ0v) is 13.2. The zero-order valence-electron chi connectivity index (χ0n) is 11.6. The van der Waals surface area contributed by atoms with E-state index in [1.54, 1.807) is 30.3 Å². The molecule has 1 N–H and O–H groups in total. The number of rotatable bonds is 3. The molecule has 0 aliphatic carbocycles. The second kappa shape index (κ2) is 5.67. The lowest BCUT2D eigenvalue weighted by molar-refractivity contribution is -0.0499. The van der Waals surface area contributed by atoms with Crippen LogP contribution in [0.2, 0.25) is 5.15 Å². The Bertz CT molecular complexity index is 983. The molecule has 0 amide bonds. The molecule has 3 aromatic rings. The van der Waals surface area contributed by atoms with Crippen molar-refractivity contribution in [2.75, 3.05) is 0 Å². The standard InChI is InChI=1S/C14H8ClF3N2O3S/c15-12-6-5-11(23-24(21,22)14(16,17)18)13(20-12)10-7-8-3-1-2-4-9(8)19-10/h1-7,19H. The van der Waals surface area contributed by atoms with Crippen molar-refractivity contribution < 1.29 is 25.8 Å².